The molecule has 0 saturated carbocycles. The van der Waals surface area contributed by atoms with Crippen LogP contribution in [-0.4, -0.2) is 112 Å². The Kier molecular flexibility index (Phi) is 941. The molecular weight excluding hydrogens is 528 g/mol. The van der Waals surface area contributed by atoms with Crippen molar-refractivity contribution in [1.29, 1.82) is 0 Å². The van der Waals surface area contributed by atoms with E-state index < -0.39 is 20.8 Å². The van der Waals surface area contributed by atoms with E-state index in [1.807, 2.05) is 0 Å². The third-order valence-electron chi connectivity index (χ3n) is 0. The van der Waals surface area contributed by atoms with Crippen LogP contribution < -0.4 is 0 Å². The Bertz CT molecular complexity index is 217. The fourth-order valence-corrected chi connectivity index (χ4v) is 0. The average molecular weight is 556 g/mol. The van der Waals surface area contributed by atoms with E-state index in [9.17, 15) is 0 Å². The molecule has 188 valence electrons. The first-order valence-electron chi connectivity index (χ1n) is 1.33. The van der Waals surface area contributed by atoms with Crippen LogP contribution in [0.2, 0.25) is 0 Å². The summed E-state index contributed by atoms with van der Waals surface area (Å²) in [4.78, 5) is 0. The van der Waals surface area contributed by atoms with Gasteiger partial charge in [0.05, 0.1) is 0 Å². The van der Waals surface area contributed by atoms with E-state index in [0.29, 0.717) is 0 Å². The van der Waals surface area contributed by atoms with Crippen molar-refractivity contribution in [2.45, 2.75) is 0 Å². The van der Waals surface area contributed by atoms with Gasteiger partial charge < -0.3 is 94.9 Å². The summed E-state index contributed by atoms with van der Waals surface area (Å²) >= 11 is 0. The first-order valence-corrected chi connectivity index (χ1v) is 4.00. The van der Waals surface area contributed by atoms with Gasteiger partial charge in [0.15, 0.2) is 0 Å². The van der Waals surface area contributed by atoms with Crippen molar-refractivity contribution in [2.75, 3.05) is 0 Å². The van der Waals surface area contributed by atoms with Crippen LogP contribution in [0.15, 0.2) is 0 Å². The van der Waals surface area contributed by atoms with Crippen LogP contribution in [0.1, 0.15) is 0 Å². The van der Waals surface area contributed by atoms with Gasteiger partial charge in [0.2, 0.25) is 0 Å². The van der Waals surface area contributed by atoms with Gasteiger partial charge >= 0.3 is 34.1 Å². The minimum atomic E-state index is -5.17. The van der Waals surface area contributed by atoms with Gasteiger partial charge in [-0.1, -0.05) is 0 Å². The van der Waals surface area contributed by atoms with Crippen molar-refractivity contribution in [2.24, 2.45) is 0 Å². The normalized spacial score (nSPS) is 4.46. The van der Waals surface area contributed by atoms with Gasteiger partial charge in [0.1, 0.15) is 0 Å². The zero-order valence-corrected chi connectivity index (χ0v) is 15.6. The molecule has 0 unspecified atom stereocenters. The number of rotatable bonds is 0. The molecule has 0 heterocycles. The van der Waals surface area contributed by atoms with E-state index in [1.54, 1.807) is 0 Å². The molecule has 0 amide bonds. The minimum absolute atomic E-state index is 0. The number of hydrogen-bond acceptors (Lipinski definition) is 8. The molecule has 26 heavy (non-hydrogen) atoms. The maximum atomic E-state index is 8.52. The second-order valence-corrected chi connectivity index (χ2v) is 2.45. The van der Waals surface area contributed by atoms with Gasteiger partial charge in [0.25, 0.3) is 0 Å². The molecule has 0 saturated heterocycles. The van der Waals surface area contributed by atoms with Crippen LogP contribution in [0.5, 0.6) is 0 Å². The summed E-state index contributed by atoms with van der Waals surface area (Å²) in [5, 5.41) is 0. The fraction of sp³-hybridized carbons (Fsp3) is 0. The topological polar surface area (TPSA) is 602 Å². The molecular formula is H28Fe2O22S2. The average Bonchev–Trinajstić information content (AvgIpc) is 1.12. The molecule has 0 aliphatic heterocycles. The van der Waals surface area contributed by atoms with Gasteiger partial charge in [-0.2, -0.15) is 0 Å². The number of hydrogen-bond donors (Lipinski definition) is 0. The Hall–Kier alpha value is 0.219. The zero-order chi connectivity index (χ0) is 9.00. The van der Waals surface area contributed by atoms with Crippen LogP contribution in [0, 0.1) is 0 Å². The van der Waals surface area contributed by atoms with Crippen molar-refractivity contribution in [3.63, 3.8) is 0 Å². The molecule has 0 rings (SSSR count). The summed E-state index contributed by atoms with van der Waals surface area (Å²) in [6.45, 7) is 0. The standard InChI is InChI=1S/2Fe.2H2O4S.14H2O/c;;2*1-5(2,3)4;;;;;;;;;;;;;;/h;;2*(H2,1,2,3,4);14*1H2/q2*+2;;;;;;;;;;;;;;;;/p-4. The van der Waals surface area contributed by atoms with Gasteiger partial charge in [-0.3, -0.25) is 16.8 Å². The van der Waals surface area contributed by atoms with Crippen LogP contribution in [-0.2, 0) is 54.9 Å². The maximum Gasteiger partial charge on any atom is 2.00 e. The van der Waals surface area contributed by atoms with E-state index in [-0.39, 0.29) is 111 Å². The van der Waals surface area contributed by atoms with E-state index in [1.165, 1.54) is 0 Å². The second kappa shape index (κ2) is 99.1. The van der Waals surface area contributed by atoms with Crippen molar-refractivity contribution in [3.8, 4) is 0 Å². The fourth-order valence-electron chi connectivity index (χ4n) is 0. The molecule has 0 aromatic rings. The summed E-state index contributed by atoms with van der Waals surface area (Å²) in [6, 6.07) is 0. The van der Waals surface area contributed by atoms with E-state index in [2.05, 4.69) is 0 Å². The molecule has 0 aliphatic carbocycles. The Balaban J connectivity index is -0.00000000190. The van der Waals surface area contributed by atoms with E-state index >= 15 is 0 Å². The maximum absolute atomic E-state index is 8.52. The smallest absolute Gasteiger partial charge is 0.759 e. The van der Waals surface area contributed by atoms with Crippen molar-refractivity contribution >= 4 is 20.8 Å². The molecule has 0 aliphatic rings. The Labute approximate surface area is 167 Å². The van der Waals surface area contributed by atoms with E-state index in [0.717, 1.165) is 0 Å². The summed E-state index contributed by atoms with van der Waals surface area (Å²) in [6.07, 6.45) is 0. The summed E-state index contributed by atoms with van der Waals surface area (Å²) < 4.78 is 68.2. The summed E-state index contributed by atoms with van der Waals surface area (Å²) in [7, 11) is -10.3. The first kappa shape index (κ1) is 247. The largest absolute Gasteiger partial charge is 2.00 e. The van der Waals surface area contributed by atoms with Gasteiger partial charge in [0, 0.05) is 20.8 Å². The quantitative estimate of drug-likeness (QED) is 0.156. The predicted molar refractivity (Wildman–Crippen MR) is 71.5 cm³/mol. The molecule has 26 heteroatoms. The SMILES string of the molecule is O.O.O.O.O.O.O.O.O.O.O.O.O.O.O=S(=O)([O-])[O-].O=S(=O)([O-])[O-].[Fe+2].[Fe+2]. The first-order chi connectivity index (χ1) is 4.00. The second-order valence-electron chi connectivity index (χ2n) is 0.816. The van der Waals surface area contributed by atoms with Gasteiger partial charge in [-0.25, -0.2) is 0 Å². The minimum Gasteiger partial charge on any atom is -0.759 e. The van der Waals surface area contributed by atoms with Crippen LogP contribution in [0.4, 0.5) is 0 Å². The third-order valence-corrected chi connectivity index (χ3v) is 0. The van der Waals surface area contributed by atoms with Crippen LogP contribution in [0.3, 0.4) is 0 Å². The third kappa shape index (κ3) is 272000. The molecule has 0 spiro atoms. The predicted octanol–water partition coefficient (Wildman–Crippen LogP) is -14.2. The van der Waals surface area contributed by atoms with Gasteiger partial charge in [-0.15, -0.1) is 0 Å². The molecule has 0 aromatic heterocycles. The monoisotopic (exact) mass is 556 g/mol. The van der Waals surface area contributed by atoms with Crippen LogP contribution >= 0.6 is 0 Å². The van der Waals surface area contributed by atoms with Gasteiger partial charge in [-0.05, 0) is 0 Å². The summed E-state index contributed by atoms with van der Waals surface area (Å²) in [5.41, 5.74) is 0. The molecule has 0 aromatic carbocycles. The van der Waals surface area contributed by atoms with E-state index in [4.69, 9.17) is 35.0 Å². The molecule has 22 nitrogen and oxygen atoms in total. The van der Waals surface area contributed by atoms with Crippen LogP contribution in [0.25, 0.3) is 0 Å². The van der Waals surface area contributed by atoms with Crippen molar-refractivity contribution in [1.82, 2.24) is 0 Å². The summed E-state index contributed by atoms with van der Waals surface area (Å²) in [5.74, 6) is 0. The van der Waals surface area contributed by atoms with Crippen molar-refractivity contribution < 1.29 is 146 Å². The molecule has 0 radical (unpaired) electrons. The Morgan fingerprint density at radius 2 is 0.308 bits per heavy atom. The van der Waals surface area contributed by atoms with Crippen molar-refractivity contribution in [3.05, 3.63) is 0 Å². The molecule has 28 N–H and O–H groups in total. The Morgan fingerprint density at radius 1 is 0.308 bits per heavy atom. The zero-order valence-electron chi connectivity index (χ0n) is 11.8. The molecule has 0 bridgehead atoms. The Morgan fingerprint density at radius 3 is 0.308 bits per heavy atom. The molecule has 0 atom stereocenters. The molecule has 0 fully saturated rings.